The molecule has 0 aromatic rings. The monoisotopic (exact) mass is 340 g/mol. The number of hydrogen-bond acceptors (Lipinski definition) is 6. The number of ether oxygens (including phenoxy) is 2. The van der Waals surface area contributed by atoms with E-state index in [2.05, 4.69) is 18.2 Å². The fraction of sp³-hybridized carbons (Fsp3) is 0.789. The molecule has 0 amide bonds. The second kappa shape index (κ2) is 6.01. The molecule has 1 saturated carbocycles. The molecule has 2 aliphatic heterocycles. The first-order valence-electron chi connectivity index (χ1n) is 9.21. The molecule has 6 nitrogen and oxygen atoms in total. The van der Waals surface area contributed by atoms with Crippen molar-refractivity contribution in [3.05, 3.63) is 0 Å². The first kappa shape index (κ1) is 17.7. The molecule has 2 saturated heterocycles. The van der Waals surface area contributed by atoms with Gasteiger partial charge in [-0.2, -0.15) is 15.8 Å². The first-order chi connectivity index (χ1) is 12.0. The van der Waals surface area contributed by atoms with E-state index in [-0.39, 0.29) is 11.8 Å². The molecule has 0 spiro atoms. The summed E-state index contributed by atoms with van der Waals surface area (Å²) < 4.78 is 12.3. The molecule has 0 radical (unpaired) electrons. The third-order valence-electron chi connectivity index (χ3n) is 6.59. The summed E-state index contributed by atoms with van der Waals surface area (Å²) in [5.41, 5.74) is -3.27. The average molecular weight is 340 g/mol. The summed E-state index contributed by atoms with van der Waals surface area (Å²) in [5, 5.41) is 38.8. The minimum Gasteiger partial charge on any atom is -0.447 e. The van der Waals surface area contributed by atoms with Crippen LogP contribution in [0.5, 0.6) is 0 Å². The number of rotatable bonds is 3. The lowest BCUT2D eigenvalue weighted by Crippen LogP contribution is -2.64. The van der Waals surface area contributed by atoms with E-state index in [0.717, 1.165) is 32.1 Å². The van der Waals surface area contributed by atoms with E-state index in [1.807, 2.05) is 13.8 Å². The Bertz CT molecular complexity index is 682. The van der Waals surface area contributed by atoms with Crippen molar-refractivity contribution in [2.45, 2.75) is 70.7 Å². The highest BCUT2D eigenvalue weighted by atomic mass is 16.7. The Hall–Kier alpha value is -2.10. The van der Waals surface area contributed by atoms with Crippen molar-refractivity contribution in [1.82, 2.24) is 0 Å². The van der Waals surface area contributed by atoms with Gasteiger partial charge in [0.05, 0.1) is 30.2 Å². The zero-order valence-corrected chi connectivity index (χ0v) is 14.8. The molecule has 25 heavy (non-hydrogen) atoms. The van der Waals surface area contributed by atoms with Crippen molar-refractivity contribution >= 4 is 5.90 Å². The van der Waals surface area contributed by atoms with Gasteiger partial charge >= 0.3 is 0 Å². The van der Waals surface area contributed by atoms with Crippen LogP contribution in [-0.4, -0.2) is 17.8 Å². The van der Waals surface area contributed by atoms with E-state index in [9.17, 15) is 15.8 Å². The fourth-order valence-corrected chi connectivity index (χ4v) is 5.23. The third kappa shape index (κ3) is 1.94. The normalized spacial score (nSPS) is 38.6. The van der Waals surface area contributed by atoms with Crippen LogP contribution in [0.25, 0.3) is 0 Å². The van der Waals surface area contributed by atoms with Crippen LogP contribution in [0.3, 0.4) is 0 Å². The van der Waals surface area contributed by atoms with E-state index >= 15 is 0 Å². The van der Waals surface area contributed by atoms with E-state index in [4.69, 9.17) is 14.9 Å². The van der Waals surface area contributed by atoms with Gasteiger partial charge in [0.1, 0.15) is 0 Å². The Balaban J connectivity index is 2.28. The molecular weight excluding hydrogens is 316 g/mol. The molecule has 1 N–H and O–H groups in total. The van der Waals surface area contributed by atoms with Crippen LogP contribution in [-0.2, 0) is 9.47 Å². The van der Waals surface area contributed by atoms with Crippen LogP contribution in [0.1, 0.15) is 58.8 Å². The van der Waals surface area contributed by atoms with Crippen LogP contribution in [0, 0.1) is 62.1 Å². The van der Waals surface area contributed by atoms with Crippen LogP contribution < -0.4 is 0 Å². The van der Waals surface area contributed by atoms with Gasteiger partial charge in [0.15, 0.2) is 10.8 Å². The second-order valence-electron chi connectivity index (χ2n) is 7.46. The quantitative estimate of drug-likeness (QED) is 0.842. The molecule has 2 bridgehead atoms. The Kier molecular flexibility index (Phi) is 4.26. The minimum atomic E-state index is -1.72. The predicted molar refractivity (Wildman–Crippen MR) is 88.8 cm³/mol. The molecule has 6 heteroatoms. The van der Waals surface area contributed by atoms with E-state index < -0.39 is 28.6 Å². The lowest BCUT2D eigenvalue weighted by atomic mass is 9.51. The first-order valence-corrected chi connectivity index (χ1v) is 9.21. The number of nitrogens with one attached hydrogen (secondary N) is 1. The summed E-state index contributed by atoms with van der Waals surface area (Å²) >= 11 is 0. The number of nitrogens with zero attached hydrogens (tertiary/aromatic N) is 3. The Morgan fingerprint density at radius 1 is 1.12 bits per heavy atom. The molecule has 3 rings (SSSR count). The Morgan fingerprint density at radius 2 is 1.80 bits per heavy atom. The van der Waals surface area contributed by atoms with Crippen LogP contribution in [0.4, 0.5) is 0 Å². The summed E-state index contributed by atoms with van der Waals surface area (Å²) in [4.78, 5) is 0. The van der Waals surface area contributed by atoms with Gasteiger partial charge in [-0.3, -0.25) is 5.41 Å². The molecule has 4 atom stereocenters. The van der Waals surface area contributed by atoms with Crippen molar-refractivity contribution in [1.29, 1.82) is 21.2 Å². The highest BCUT2D eigenvalue weighted by Gasteiger charge is 2.80. The summed E-state index contributed by atoms with van der Waals surface area (Å²) in [7, 11) is 0. The maximum Gasteiger partial charge on any atom is 0.217 e. The molecule has 132 valence electrons. The Morgan fingerprint density at radius 3 is 2.36 bits per heavy atom. The van der Waals surface area contributed by atoms with E-state index in [0.29, 0.717) is 12.8 Å². The SMILES string of the molecule is CCC(CC)C1OC23CCCCCC2C(C#N)(C(=N)O3)C1(C#N)C#N. The van der Waals surface area contributed by atoms with Crippen LogP contribution >= 0.6 is 0 Å². The van der Waals surface area contributed by atoms with Gasteiger partial charge in [0.2, 0.25) is 11.7 Å². The van der Waals surface area contributed by atoms with Crippen molar-refractivity contribution in [2.75, 3.05) is 0 Å². The van der Waals surface area contributed by atoms with Crippen LogP contribution in [0.2, 0.25) is 0 Å². The van der Waals surface area contributed by atoms with Gasteiger partial charge in [-0.15, -0.1) is 0 Å². The highest BCUT2D eigenvalue weighted by Crippen LogP contribution is 2.66. The topological polar surface area (TPSA) is 114 Å². The summed E-state index contributed by atoms with van der Waals surface area (Å²) in [6, 6.07) is 6.51. The molecule has 3 aliphatic rings. The maximum absolute atomic E-state index is 10.2. The van der Waals surface area contributed by atoms with Crippen molar-refractivity contribution in [3.8, 4) is 18.2 Å². The van der Waals surface area contributed by atoms with E-state index in [1.54, 1.807) is 0 Å². The smallest absolute Gasteiger partial charge is 0.217 e. The van der Waals surface area contributed by atoms with E-state index in [1.165, 1.54) is 0 Å². The molecule has 4 unspecified atom stereocenters. The van der Waals surface area contributed by atoms with Gasteiger partial charge in [-0.05, 0) is 18.8 Å². The lowest BCUT2D eigenvalue weighted by molar-refractivity contribution is -0.292. The van der Waals surface area contributed by atoms with Gasteiger partial charge in [0, 0.05) is 6.42 Å². The van der Waals surface area contributed by atoms with Gasteiger partial charge in [0.25, 0.3) is 0 Å². The van der Waals surface area contributed by atoms with Crippen molar-refractivity contribution in [2.24, 2.45) is 22.7 Å². The van der Waals surface area contributed by atoms with Gasteiger partial charge < -0.3 is 9.47 Å². The second-order valence-corrected chi connectivity index (χ2v) is 7.46. The van der Waals surface area contributed by atoms with Gasteiger partial charge in [-0.1, -0.05) is 39.5 Å². The number of nitriles is 3. The standard InChI is InChI=1S/C19H24N4O2/c1-3-13(4-2)15-17(10-20,11-21)18(12-22)14-8-6-5-7-9-19(14,24-15)25-16(18)23/h13-15,23H,3-9H2,1-2H3. The van der Waals surface area contributed by atoms with Crippen LogP contribution in [0.15, 0.2) is 0 Å². The third-order valence-corrected chi connectivity index (χ3v) is 6.59. The van der Waals surface area contributed by atoms with Crippen molar-refractivity contribution < 1.29 is 9.47 Å². The molecule has 1 aliphatic carbocycles. The lowest BCUT2D eigenvalue weighted by Gasteiger charge is -2.51. The number of hydrogen-bond donors (Lipinski definition) is 1. The fourth-order valence-electron chi connectivity index (χ4n) is 5.23. The zero-order chi connectivity index (χ0) is 18.3. The van der Waals surface area contributed by atoms with Crippen molar-refractivity contribution in [3.63, 3.8) is 0 Å². The highest BCUT2D eigenvalue weighted by molar-refractivity contribution is 5.89. The molecular formula is C19H24N4O2. The summed E-state index contributed by atoms with van der Waals surface area (Å²) in [6.45, 7) is 4.00. The Labute approximate surface area is 148 Å². The largest absolute Gasteiger partial charge is 0.447 e. The summed E-state index contributed by atoms with van der Waals surface area (Å²) in [5.74, 6) is -1.76. The minimum absolute atomic E-state index is 0.0393. The predicted octanol–water partition coefficient (Wildman–Crippen LogP) is 3.65. The average Bonchev–Trinajstić information content (AvgIpc) is 2.76. The molecule has 0 aromatic carbocycles. The maximum atomic E-state index is 10.2. The molecule has 0 aromatic heterocycles. The molecule has 2 heterocycles. The zero-order valence-electron chi connectivity index (χ0n) is 14.8. The van der Waals surface area contributed by atoms with Gasteiger partial charge in [-0.25, -0.2) is 0 Å². The summed E-state index contributed by atoms with van der Waals surface area (Å²) in [6.07, 6.45) is 4.77. The molecule has 3 fully saturated rings.